The molecule has 2 aromatic rings. The van der Waals surface area contributed by atoms with E-state index in [1.165, 1.54) is 5.56 Å². The number of hydrogen-bond acceptors (Lipinski definition) is 2. The molecule has 0 aliphatic rings. The minimum Gasteiger partial charge on any atom is -0.238 e. The second kappa shape index (κ2) is 4.84. The molecule has 0 amide bonds. The molecule has 3 heteroatoms. The number of nitrogens with zero attached hydrogens (tertiary/aromatic N) is 3. The van der Waals surface area contributed by atoms with Gasteiger partial charge in [-0.2, -0.15) is 10.4 Å². The monoisotopic (exact) mass is 225 g/mol. The first kappa shape index (κ1) is 11.4. The van der Waals surface area contributed by atoms with Crippen molar-refractivity contribution in [2.45, 2.75) is 26.7 Å². The van der Waals surface area contributed by atoms with E-state index in [0.29, 0.717) is 6.42 Å². The van der Waals surface area contributed by atoms with Crippen molar-refractivity contribution in [2.24, 2.45) is 0 Å². The van der Waals surface area contributed by atoms with Crippen LogP contribution in [0.15, 0.2) is 30.3 Å². The van der Waals surface area contributed by atoms with Crippen molar-refractivity contribution in [1.29, 1.82) is 5.26 Å². The topological polar surface area (TPSA) is 41.6 Å². The van der Waals surface area contributed by atoms with Crippen LogP contribution < -0.4 is 0 Å². The van der Waals surface area contributed by atoms with Crippen molar-refractivity contribution in [3.63, 3.8) is 0 Å². The minimum absolute atomic E-state index is 0.363. The number of para-hydroxylation sites is 1. The maximum absolute atomic E-state index is 8.69. The van der Waals surface area contributed by atoms with Gasteiger partial charge in [0.1, 0.15) is 0 Å². The molecule has 0 aliphatic heterocycles. The van der Waals surface area contributed by atoms with Crippen molar-refractivity contribution in [2.75, 3.05) is 0 Å². The molecule has 1 aromatic heterocycles. The van der Waals surface area contributed by atoms with Crippen molar-refractivity contribution < 1.29 is 0 Å². The van der Waals surface area contributed by atoms with E-state index >= 15 is 0 Å². The molecular weight excluding hydrogens is 210 g/mol. The van der Waals surface area contributed by atoms with Crippen molar-refractivity contribution in [3.05, 3.63) is 47.3 Å². The summed E-state index contributed by atoms with van der Waals surface area (Å²) >= 11 is 0. The first-order valence-corrected chi connectivity index (χ1v) is 5.77. The standard InChI is InChI=1S/C14H15N3/c1-3-12-6-4-5-7-14(12)17-11(2)10-13(16-17)8-9-15/h4-7,10H,3,8H2,1-2H3. The third-order valence-electron chi connectivity index (χ3n) is 2.80. The Kier molecular flexibility index (Phi) is 3.24. The number of aryl methyl sites for hydroxylation is 2. The quantitative estimate of drug-likeness (QED) is 0.806. The Morgan fingerprint density at radius 2 is 2.12 bits per heavy atom. The van der Waals surface area contributed by atoms with Crippen LogP contribution >= 0.6 is 0 Å². The van der Waals surface area contributed by atoms with Gasteiger partial charge in [-0.15, -0.1) is 0 Å². The highest BCUT2D eigenvalue weighted by Crippen LogP contribution is 2.17. The van der Waals surface area contributed by atoms with E-state index in [4.69, 9.17) is 5.26 Å². The highest BCUT2D eigenvalue weighted by Gasteiger charge is 2.08. The lowest BCUT2D eigenvalue weighted by atomic mass is 10.1. The SMILES string of the molecule is CCc1ccccc1-n1nc(CC#N)cc1C. The van der Waals surface area contributed by atoms with Crippen LogP contribution in [0.25, 0.3) is 5.69 Å². The van der Waals surface area contributed by atoms with Gasteiger partial charge in [0.2, 0.25) is 0 Å². The van der Waals surface area contributed by atoms with E-state index in [9.17, 15) is 0 Å². The molecule has 0 saturated heterocycles. The van der Waals surface area contributed by atoms with Gasteiger partial charge in [0.15, 0.2) is 0 Å². The minimum atomic E-state index is 0.363. The van der Waals surface area contributed by atoms with Crippen LogP contribution in [0.3, 0.4) is 0 Å². The van der Waals surface area contributed by atoms with E-state index in [2.05, 4.69) is 30.2 Å². The molecule has 17 heavy (non-hydrogen) atoms. The zero-order chi connectivity index (χ0) is 12.3. The lowest BCUT2D eigenvalue weighted by molar-refractivity contribution is 0.814. The summed E-state index contributed by atoms with van der Waals surface area (Å²) in [6.07, 6.45) is 1.34. The normalized spacial score (nSPS) is 10.2. The Morgan fingerprint density at radius 1 is 1.35 bits per heavy atom. The molecule has 0 spiro atoms. The molecule has 0 saturated carbocycles. The van der Waals surface area contributed by atoms with E-state index in [-0.39, 0.29) is 0 Å². The Balaban J connectivity index is 2.49. The molecule has 2 rings (SSSR count). The number of aromatic nitrogens is 2. The summed E-state index contributed by atoms with van der Waals surface area (Å²) < 4.78 is 1.92. The summed E-state index contributed by atoms with van der Waals surface area (Å²) in [6, 6.07) is 12.3. The first-order chi connectivity index (χ1) is 8.26. The fraction of sp³-hybridized carbons (Fsp3) is 0.286. The van der Waals surface area contributed by atoms with Gasteiger partial charge in [-0.3, -0.25) is 0 Å². The van der Waals surface area contributed by atoms with E-state index in [1.807, 2.05) is 29.8 Å². The molecule has 0 unspecified atom stereocenters. The van der Waals surface area contributed by atoms with Gasteiger partial charge in [0, 0.05) is 5.69 Å². The van der Waals surface area contributed by atoms with Crippen LogP contribution in [0.1, 0.15) is 23.9 Å². The summed E-state index contributed by atoms with van der Waals surface area (Å²) in [5.41, 5.74) is 4.27. The molecular formula is C14H15N3. The van der Waals surface area contributed by atoms with Gasteiger partial charge in [0.05, 0.1) is 23.9 Å². The zero-order valence-electron chi connectivity index (χ0n) is 10.1. The Morgan fingerprint density at radius 3 is 2.82 bits per heavy atom. The summed E-state index contributed by atoms with van der Waals surface area (Å²) in [5.74, 6) is 0. The summed E-state index contributed by atoms with van der Waals surface area (Å²) in [4.78, 5) is 0. The lowest BCUT2D eigenvalue weighted by Gasteiger charge is -2.09. The van der Waals surface area contributed by atoms with Crippen molar-refractivity contribution in [3.8, 4) is 11.8 Å². The highest BCUT2D eigenvalue weighted by molar-refractivity contribution is 5.42. The van der Waals surface area contributed by atoms with Crippen molar-refractivity contribution in [1.82, 2.24) is 9.78 Å². The summed E-state index contributed by atoms with van der Waals surface area (Å²) in [5, 5.41) is 13.2. The van der Waals surface area contributed by atoms with Crippen LogP contribution in [0.2, 0.25) is 0 Å². The lowest BCUT2D eigenvalue weighted by Crippen LogP contribution is -2.03. The van der Waals surface area contributed by atoms with E-state index in [1.54, 1.807) is 0 Å². The van der Waals surface area contributed by atoms with Gasteiger partial charge in [-0.1, -0.05) is 25.1 Å². The Labute approximate surface area is 101 Å². The summed E-state index contributed by atoms with van der Waals surface area (Å²) in [6.45, 7) is 4.15. The zero-order valence-corrected chi connectivity index (χ0v) is 10.1. The molecule has 0 atom stereocenters. The maximum atomic E-state index is 8.69. The van der Waals surface area contributed by atoms with Gasteiger partial charge >= 0.3 is 0 Å². The molecule has 1 aromatic carbocycles. The maximum Gasteiger partial charge on any atom is 0.0793 e. The van der Waals surface area contributed by atoms with Crippen molar-refractivity contribution >= 4 is 0 Å². The van der Waals surface area contributed by atoms with Crippen LogP contribution in [-0.2, 0) is 12.8 Å². The van der Waals surface area contributed by atoms with Gasteiger partial charge < -0.3 is 0 Å². The molecule has 0 radical (unpaired) electrons. The highest BCUT2D eigenvalue weighted by atomic mass is 15.3. The predicted octanol–water partition coefficient (Wildman–Crippen LogP) is 2.81. The molecule has 1 heterocycles. The fourth-order valence-electron chi connectivity index (χ4n) is 1.97. The molecule has 0 bridgehead atoms. The van der Waals surface area contributed by atoms with E-state index < -0.39 is 0 Å². The van der Waals surface area contributed by atoms with Crippen LogP contribution in [0.5, 0.6) is 0 Å². The molecule has 86 valence electrons. The largest absolute Gasteiger partial charge is 0.238 e. The second-order valence-electron chi connectivity index (χ2n) is 4.01. The van der Waals surface area contributed by atoms with Gasteiger partial charge in [0.25, 0.3) is 0 Å². The molecule has 0 aliphatic carbocycles. The molecule has 0 fully saturated rings. The number of benzene rings is 1. The number of rotatable bonds is 3. The third kappa shape index (κ3) is 2.21. The first-order valence-electron chi connectivity index (χ1n) is 5.77. The van der Waals surface area contributed by atoms with E-state index in [0.717, 1.165) is 23.5 Å². The summed E-state index contributed by atoms with van der Waals surface area (Å²) in [7, 11) is 0. The Bertz CT molecular complexity index is 561. The molecule has 0 N–H and O–H groups in total. The average molecular weight is 225 g/mol. The smallest absolute Gasteiger partial charge is 0.0793 e. The van der Waals surface area contributed by atoms with Gasteiger partial charge in [-0.25, -0.2) is 4.68 Å². The Hall–Kier alpha value is -2.08. The van der Waals surface area contributed by atoms with Crippen LogP contribution in [0, 0.1) is 18.3 Å². The number of hydrogen-bond donors (Lipinski definition) is 0. The third-order valence-corrected chi connectivity index (χ3v) is 2.80. The fourth-order valence-corrected chi connectivity index (χ4v) is 1.97. The average Bonchev–Trinajstić information content (AvgIpc) is 2.70. The van der Waals surface area contributed by atoms with Crippen LogP contribution in [-0.4, -0.2) is 9.78 Å². The predicted molar refractivity (Wildman–Crippen MR) is 67.0 cm³/mol. The molecule has 3 nitrogen and oxygen atoms in total. The van der Waals surface area contributed by atoms with Crippen LogP contribution in [0.4, 0.5) is 0 Å². The number of nitriles is 1. The van der Waals surface area contributed by atoms with Gasteiger partial charge in [-0.05, 0) is 31.0 Å². The second-order valence-corrected chi connectivity index (χ2v) is 4.01.